The molecule has 0 saturated heterocycles. The van der Waals surface area contributed by atoms with Crippen LogP contribution < -0.4 is 5.32 Å². The number of aromatic nitrogens is 1. The average molecular weight is 435 g/mol. The van der Waals surface area contributed by atoms with Crippen LogP contribution >= 0.6 is 15.9 Å². The highest BCUT2D eigenvalue weighted by atomic mass is 79.9. The molecule has 0 saturated carbocycles. The van der Waals surface area contributed by atoms with Crippen molar-refractivity contribution in [2.24, 2.45) is 0 Å². The van der Waals surface area contributed by atoms with E-state index in [9.17, 15) is 4.79 Å². The topological polar surface area (TPSA) is 55.1 Å². The van der Waals surface area contributed by atoms with Crippen LogP contribution in [0.5, 0.6) is 0 Å². The van der Waals surface area contributed by atoms with Gasteiger partial charge in [0.2, 0.25) is 5.88 Å². The van der Waals surface area contributed by atoms with Crippen LogP contribution in [0.1, 0.15) is 47.1 Å². The number of ketones is 1. The molecule has 2 aromatic carbocycles. The molecule has 3 aromatic rings. The van der Waals surface area contributed by atoms with Crippen LogP contribution in [-0.2, 0) is 4.79 Å². The minimum atomic E-state index is -0.153. The average Bonchev–Trinajstić information content (AvgIpc) is 3.07. The molecule has 140 valence electrons. The quantitative estimate of drug-likeness (QED) is 0.561. The molecule has 0 bridgehead atoms. The zero-order valence-corrected chi connectivity index (χ0v) is 17.0. The maximum absolute atomic E-state index is 13.4. The zero-order valence-electron chi connectivity index (χ0n) is 15.4. The lowest BCUT2D eigenvalue weighted by molar-refractivity contribution is -0.116. The van der Waals surface area contributed by atoms with Gasteiger partial charge in [-0.3, -0.25) is 4.79 Å². The minimum Gasteiger partial charge on any atom is -0.338 e. The molecule has 1 aliphatic heterocycles. The number of hydrogen-bond acceptors (Lipinski definition) is 4. The van der Waals surface area contributed by atoms with Crippen molar-refractivity contribution in [3.05, 3.63) is 92.7 Å². The fraction of sp³-hybridized carbons (Fsp3) is 0.217. The summed E-state index contributed by atoms with van der Waals surface area (Å²) in [7, 11) is 0. The first kappa shape index (κ1) is 17.4. The van der Waals surface area contributed by atoms with Crippen LogP contribution in [0.2, 0.25) is 0 Å². The molecule has 5 heteroatoms. The third-order valence-corrected chi connectivity index (χ3v) is 6.20. The van der Waals surface area contributed by atoms with Gasteiger partial charge < -0.3 is 9.84 Å². The van der Waals surface area contributed by atoms with E-state index in [0.717, 1.165) is 39.0 Å². The molecule has 0 unspecified atom stereocenters. The van der Waals surface area contributed by atoms with Crippen molar-refractivity contribution < 1.29 is 9.32 Å². The normalized spacial score (nSPS) is 21.1. The van der Waals surface area contributed by atoms with Gasteiger partial charge in [-0.15, -0.1) is 0 Å². The van der Waals surface area contributed by atoms with Crippen molar-refractivity contribution in [1.29, 1.82) is 0 Å². The number of hydrogen-bond donors (Lipinski definition) is 1. The van der Waals surface area contributed by atoms with Crippen molar-refractivity contribution >= 4 is 27.6 Å². The fourth-order valence-electron chi connectivity index (χ4n) is 4.45. The molecule has 1 aromatic heterocycles. The van der Waals surface area contributed by atoms with Crippen molar-refractivity contribution in [2.75, 3.05) is 5.32 Å². The second kappa shape index (κ2) is 6.74. The monoisotopic (exact) mass is 434 g/mol. The first-order valence-electron chi connectivity index (χ1n) is 9.41. The summed E-state index contributed by atoms with van der Waals surface area (Å²) in [6, 6.07) is 18.4. The molecule has 0 fully saturated rings. The number of carbonyl (C=O) groups is 1. The predicted molar refractivity (Wildman–Crippen MR) is 111 cm³/mol. The zero-order chi connectivity index (χ0) is 19.3. The number of halogens is 1. The van der Waals surface area contributed by atoms with Crippen LogP contribution in [0.25, 0.3) is 0 Å². The SMILES string of the molecule is Cc1noc2c1[C@@H](c1cccc(Br)c1)C1=C(C[C@@H](c3ccccc3)CC1=O)N2. The summed E-state index contributed by atoms with van der Waals surface area (Å²) >= 11 is 3.57. The van der Waals surface area contributed by atoms with E-state index in [2.05, 4.69) is 50.7 Å². The first-order chi connectivity index (χ1) is 13.6. The lowest BCUT2D eigenvalue weighted by Crippen LogP contribution is -2.29. The van der Waals surface area contributed by atoms with E-state index in [4.69, 9.17) is 4.52 Å². The van der Waals surface area contributed by atoms with Crippen LogP contribution in [0, 0.1) is 6.92 Å². The van der Waals surface area contributed by atoms with Gasteiger partial charge in [-0.05, 0) is 42.5 Å². The second-order valence-corrected chi connectivity index (χ2v) is 8.37. The Bertz CT molecular complexity index is 1100. The number of carbonyl (C=O) groups excluding carboxylic acids is 1. The maximum atomic E-state index is 13.4. The van der Waals surface area contributed by atoms with Crippen LogP contribution in [0.4, 0.5) is 5.88 Å². The molecule has 5 rings (SSSR count). The maximum Gasteiger partial charge on any atom is 0.233 e. The molecular weight excluding hydrogens is 416 g/mol. The number of allylic oxidation sites excluding steroid dienone is 2. The van der Waals surface area contributed by atoms with Gasteiger partial charge >= 0.3 is 0 Å². The molecule has 0 spiro atoms. The number of fused-ring (bicyclic) bond motifs is 1. The molecule has 0 radical (unpaired) electrons. The van der Waals surface area contributed by atoms with Crippen molar-refractivity contribution in [3.63, 3.8) is 0 Å². The molecule has 1 aliphatic carbocycles. The number of benzene rings is 2. The minimum absolute atomic E-state index is 0.153. The lowest BCUT2D eigenvalue weighted by Gasteiger charge is -2.34. The summed E-state index contributed by atoms with van der Waals surface area (Å²) in [6.45, 7) is 1.93. The summed E-state index contributed by atoms with van der Waals surface area (Å²) < 4.78 is 6.57. The summed E-state index contributed by atoms with van der Waals surface area (Å²) in [5.41, 5.74) is 5.85. The van der Waals surface area contributed by atoms with Gasteiger partial charge in [-0.1, -0.05) is 63.6 Å². The third-order valence-electron chi connectivity index (χ3n) is 5.71. The Kier molecular flexibility index (Phi) is 4.20. The van der Waals surface area contributed by atoms with E-state index in [1.807, 2.05) is 37.3 Å². The number of Topliss-reactive ketones (excluding diaryl/α,β-unsaturated/α-hetero) is 1. The van der Waals surface area contributed by atoms with Crippen LogP contribution in [-0.4, -0.2) is 10.9 Å². The molecule has 2 heterocycles. The number of nitrogens with one attached hydrogen (secondary N) is 1. The predicted octanol–water partition coefficient (Wildman–Crippen LogP) is 5.70. The second-order valence-electron chi connectivity index (χ2n) is 7.46. The van der Waals surface area contributed by atoms with Gasteiger partial charge in [0.25, 0.3) is 0 Å². The summed E-state index contributed by atoms with van der Waals surface area (Å²) in [6.07, 6.45) is 1.31. The summed E-state index contributed by atoms with van der Waals surface area (Å²) in [5, 5.41) is 7.55. The number of anilines is 1. The van der Waals surface area contributed by atoms with Gasteiger partial charge in [-0.25, -0.2) is 0 Å². The highest BCUT2D eigenvalue weighted by Gasteiger charge is 2.41. The van der Waals surface area contributed by atoms with E-state index < -0.39 is 0 Å². The molecular formula is C23H19BrN2O2. The van der Waals surface area contributed by atoms with Gasteiger partial charge in [0.15, 0.2) is 5.78 Å². The van der Waals surface area contributed by atoms with Crippen molar-refractivity contribution in [3.8, 4) is 0 Å². The molecule has 4 nitrogen and oxygen atoms in total. The van der Waals surface area contributed by atoms with Crippen molar-refractivity contribution in [1.82, 2.24) is 5.16 Å². The molecule has 1 N–H and O–H groups in total. The van der Waals surface area contributed by atoms with Gasteiger partial charge in [0.1, 0.15) is 0 Å². The standard InChI is InChI=1S/C23H19BrN2O2/c1-13-20-21(15-8-5-9-17(24)10-15)22-18(25-23(20)28-26-13)11-16(12-19(22)27)14-6-3-2-4-7-14/h2-10,16,21,25H,11-12H2,1H3/t16-,21-/m1/s1. The molecule has 28 heavy (non-hydrogen) atoms. The molecule has 2 aliphatic rings. The van der Waals surface area contributed by atoms with Gasteiger partial charge in [-0.2, -0.15) is 0 Å². The highest BCUT2D eigenvalue weighted by Crippen LogP contribution is 2.49. The largest absolute Gasteiger partial charge is 0.338 e. The number of aryl methyl sites for hydroxylation is 1. The Morgan fingerprint density at radius 2 is 1.86 bits per heavy atom. The Morgan fingerprint density at radius 3 is 2.64 bits per heavy atom. The third kappa shape index (κ3) is 2.81. The lowest BCUT2D eigenvalue weighted by atomic mass is 9.72. The molecule has 0 amide bonds. The van der Waals surface area contributed by atoms with E-state index in [0.29, 0.717) is 12.3 Å². The van der Waals surface area contributed by atoms with Crippen LogP contribution in [0.3, 0.4) is 0 Å². The molecule has 2 atom stereocenters. The number of nitrogens with zero attached hydrogens (tertiary/aromatic N) is 1. The summed E-state index contributed by atoms with van der Waals surface area (Å²) in [5.74, 6) is 0.870. The smallest absolute Gasteiger partial charge is 0.233 e. The van der Waals surface area contributed by atoms with E-state index in [1.54, 1.807) is 0 Å². The van der Waals surface area contributed by atoms with Gasteiger partial charge in [0.05, 0.1) is 11.3 Å². The Balaban J connectivity index is 1.64. The fourth-order valence-corrected chi connectivity index (χ4v) is 4.87. The summed E-state index contributed by atoms with van der Waals surface area (Å²) in [4.78, 5) is 13.4. The van der Waals surface area contributed by atoms with E-state index in [1.165, 1.54) is 5.56 Å². The number of rotatable bonds is 2. The van der Waals surface area contributed by atoms with Crippen LogP contribution in [0.15, 0.2) is 74.9 Å². The highest BCUT2D eigenvalue weighted by molar-refractivity contribution is 9.10. The van der Waals surface area contributed by atoms with Gasteiger partial charge in [0, 0.05) is 28.1 Å². The Labute approximate surface area is 171 Å². The van der Waals surface area contributed by atoms with E-state index in [-0.39, 0.29) is 17.6 Å². The Hall–Kier alpha value is -2.66. The first-order valence-corrected chi connectivity index (χ1v) is 10.2. The Morgan fingerprint density at radius 1 is 1.07 bits per heavy atom. The van der Waals surface area contributed by atoms with Crippen molar-refractivity contribution in [2.45, 2.75) is 31.6 Å². The van der Waals surface area contributed by atoms with E-state index >= 15 is 0 Å².